The van der Waals surface area contributed by atoms with Gasteiger partial charge >= 0.3 is 0 Å². The molecule has 6 nitrogen and oxygen atoms in total. The van der Waals surface area contributed by atoms with Crippen molar-refractivity contribution in [3.8, 4) is 11.6 Å². The van der Waals surface area contributed by atoms with E-state index in [0.717, 1.165) is 18.3 Å². The molecule has 0 aliphatic rings. The lowest BCUT2D eigenvalue weighted by Gasteiger charge is -2.18. The molecular formula is C18H20BrFN4O2. The Kier molecular flexibility index (Phi) is 4.98. The first-order valence-electron chi connectivity index (χ1n) is 8.19. The molecule has 0 bridgehead atoms. The summed E-state index contributed by atoms with van der Waals surface area (Å²) in [5.41, 5.74) is 1.87. The molecule has 0 saturated heterocycles. The van der Waals surface area contributed by atoms with Crippen LogP contribution in [0.5, 0.6) is 11.6 Å². The smallest absolute Gasteiger partial charge is 0.225 e. The van der Waals surface area contributed by atoms with Crippen molar-refractivity contribution in [3.63, 3.8) is 0 Å². The van der Waals surface area contributed by atoms with Crippen molar-refractivity contribution < 1.29 is 14.2 Å². The van der Waals surface area contributed by atoms with Crippen LogP contribution in [0, 0.1) is 11.2 Å². The molecule has 1 atom stereocenters. The van der Waals surface area contributed by atoms with E-state index in [-0.39, 0.29) is 16.9 Å². The molecule has 138 valence electrons. The molecule has 8 heteroatoms. The lowest BCUT2D eigenvalue weighted by molar-refractivity contribution is 0.194. The first kappa shape index (κ1) is 18.7. The van der Waals surface area contributed by atoms with E-state index in [2.05, 4.69) is 52.0 Å². The number of aliphatic hydroxyl groups is 1. The summed E-state index contributed by atoms with van der Waals surface area (Å²) in [6.07, 6.45) is 0.135. The number of halogens is 2. The number of aliphatic hydroxyl groups excluding tert-OH is 1. The van der Waals surface area contributed by atoms with Crippen LogP contribution in [0.3, 0.4) is 0 Å². The number of rotatable bonds is 4. The first-order valence-corrected chi connectivity index (χ1v) is 8.98. The molecule has 1 aromatic carbocycles. The third-order valence-electron chi connectivity index (χ3n) is 3.72. The molecular weight excluding hydrogens is 403 g/mol. The second-order valence-electron chi connectivity index (χ2n) is 7.38. The summed E-state index contributed by atoms with van der Waals surface area (Å²) < 4.78 is 21.7. The molecule has 2 aromatic heterocycles. The van der Waals surface area contributed by atoms with Crippen molar-refractivity contribution in [1.82, 2.24) is 20.0 Å². The van der Waals surface area contributed by atoms with Crippen molar-refractivity contribution in [3.05, 3.63) is 40.2 Å². The summed E-state index contributed by atoms with van der Waals surface area (Å²) >= 11 is 3.50. The number of nitrogens with zero attached hydrogens (tertiary/aromatic N) is 4. The van der Waals surface area contributed by atoms with E-state index in [4.69, 9.17) is 4.74 Å². The fourth-order valence-electron chi connectivity index (χ4n) is 2.56. The van der Waals surface area contributed by atoms with Crippen molar-refractivity contribution in [2.75, 3.05) is 0 Å². The van der Waals surface area contributed by atoms with Gasteiger partial charge in [-0.3, -0.25) is 0 Å². The van der Waals surface area contributed by atoms with E-state index < -0.39 is 11.9 Å². The predicted octanol–water partition coefficient (Wildman–Crippen LogP) is 4.62. The van der Waals surface area contributed by atoms with Crippen LogP contribution in [0.2, 0.25) is 0 Å². The maximum absolute atomic E-state index is 13.4. The molecule has 1 unspecified atom stereocenters. The summed E-state index contributed by atoms with van der Waals surface area (Å²) in [7, 11) is 0. The maximum Gasteiger partial charge on any atom is 0.225 e. The Balaban J connectivity index is 1.99. The van der Waals surface area contributed by atoms with Crippen molar-refractivity contribution >= 4 is 27.0 Å². The highest BCUT2D eigenvalue weighted by atomic mass is 79.9. The van der Waals surface area contributed by atoms with Crippen molar-refractivity contribution in [2.45, 2.75) is 40.3 Å². The fourth-order valence-corrected chi connectivity index (χ4v) is 3.06. The number of aromatic nitrogens is 4. The average molecular weight is 423 g/mol. The SMILES string of the molecule is CC(O)c1cc(F)cnc1Oc1ccc2c(nnn2CC(C)(C)C)c1Br. The minimum absolute atomic E-state index is 0.0620. The summed E-state index contributed by atoms with van der Waals surface area (Å²) in [6.45, 7) is 8.64. The lowest BCUT2D eigenvalue weighted by Crippen LogP contribution is -2.16. The minimum atomic E-state index is -0.914. The molecule has 0 radical (unpaired) electrons. The maximum atomic E-state index is 13.4. The van der Waals surface area contributed by atoms with Gasteiger partial charge in [-0.1, -0.05) is 26.0 Å². The standard InChI is InChI=1S/C18H20BrFN4O2/c1-10(25)12-7-11(20)8-21-17(12)26-14-6-5-13-16(15(14)19)22-23-24(13)9-18(2,3)4/h5-8,10,25H,9H2,1-4H3. The third kappa shape index (κ3) is 3.86. The van der Waals surface area contributed by atoms with Crippen LogP contribution in [0.1, 0.15) is 39.4 Å². The number of fused-ring (bicyclic) bond motifs is 1. The Bertz CT molecular complexity index is 950. The van der Waals surface area contributed by atoms with Crippen LogP contribution < -0.4 is 4.74 Å². The van der Waals surface area contributed by atoms with Gasteiger partial charge in [-0.05, 0) is 46.5 Å². The highest BCUT2D eigenvalue weighted by Gasteiger charge is 2.19. The van der Waals surface area contributed by atoms with Crippen LogP contribution in [0.25, 0.3) is 11.0 Å². The van der Waals surface area contributed by atoms with E-state index >= 15 is 0 Å². The third-order valence-corrected chi connectivity index (χ3v) is 4.48. The molecule has 0 aliphatic heterocycles. The van der Waals surface area contributed by atoms with Crippen LogP contribution in [-0.4, -0.2) is 25.1 Å². The zero-order valence-corrected chi connectivity index (χ0v) is 16.6. The summed E-state index contributed by atoms with van der Waals surface area (Å²) in [5.74, 6) is 0.0674. The second kappa shape index (κ2) is 6.92. The van der Waals surface area contributed by atoms with E-state index in [0.29, 0.717) is 15.7 Å². The molecule has 0 fully saturated rings. The van der Waals surface area contributed by atoms with E-state index in [1.165, 1.54) is 13.0 Å². The molecule has 0 spiro atoms. The largest absolute Gasteiger partial charge is 0.437 e. The molecule has 3 aromatic rings. The van der Waals surface area contributed by atoms with E-state index in [1.54, 1.807) is 6.07 Å². The van der Waals surface area contributed by atoms with Gasteiger partial charge in [-0.2, -0.15) is 0 Å². The van der Waals surface area contributed by atoms with Gasteiger partial charge in [0.15, 0.2) is 0 Å². The van der Waals surface area contributed by atoms with Gasteiger partial charge in [0, 0.05) is 12.1 Å². The molecule has 26 heavy (non-hydrogen) atoms. The Morgan fingerprint density at radius 2 is 2.08 bits per heavy atom. The van der Waals surface area contributed by atoms with Gasteiger partial charge in [-0.25, -0.2) is 14.1 Å². The van der Waals surface area contributed by atoms with Crippen LogP contribution in [0.4, 0.5) is 4.39 Å². The Morgan fingerprint density at radius 3 is 2.73 bits per heavy atom. The molecule has 0 saturated carbocycles. The number of ether oxygens (including phenoxy) is 1. The zero-order chi connectivity index (χ0) is 19.1. The Labute approximate surface area is 159 Å². The van der Waals surface area contributed by atoms with Gasteiger partial charge < -0.3 is 9.84 Å². The molecule has 0 amide bonds. The van der Waals surface area contributed by atoms with E-state index in [1.807, 2.05) is 10.7 Å². The molecule has 3 rings (SSSR count). The van der Waals surface area contributed by atoms with Gasteiger partial charge in [0.1, 0.15) is 17.1 Å². The van der Waals surface area contributed by atoms with Crippen LogP contribution >= 0.6 is 15.9 Å². The van der Waals surface area contributed by atoms with Gasteiger partial charge in [0.05, 0.1) is 22.3 Å². The minimum Gasteiger partial charge on any atom is -0.437 e. The topological polar surface area (TPSA) is 73.1 Å². The molecule has 1 N–H and O–H groups in total. The van der Waals surface area contributed by atoms with Gasteiger partial charge in [-0.15, -0.1) is 5.10 Å². The van der Waals surface area contributed by atoms with Crippen LogP contribution in [0.15, 0.2) is 28.9 Å². The van der Waals surface area contributed by atoms with Gasteiger partial charge in [0.25, 0.3) is 0 Å². The van der Waals surface area contributed by atoms with Crippen LogP contribution in [-0.2, 0) is 6.54 Å². The monoisotopic (exact) mass is 422 g/mol. The molecule has 0 aliphatic carbocycles. The highest BCUT2D eigenvalue weighted by molar-refractivity contribution is 9.10. The average Bonchev–Trinajstić information content (AvgIpc) is 2.93. The quantitative estimate of drug-likeness (QED) is 0.663. The first-order chi connectivity index (χ1) is 12.2. The van der Waals surface area contributed by atoms with Gasteiger partial charge in [0.2, 0.25) is 5.88 Å². The number of benzene rings is 1. The number of pyridine rings is 1. The number of hydrogen-bond acceptors (Lipinski definition) is 5. The van der Waals surface area contributed by atoms with Crippen molar-refractivity contribution in [2.24, 2.45) is 5.41 Å². The second-order valence-corrected chi connectivity index (χ2v) is 8.17. The normalized spacial score (nSPS) is 13.2. The zero-order valence-electron chi connectivity index (χ0n) is 15.0. The highest BCUT2D eigenvalue weighted by Crippen LogP contribution is 2.36. The summed E-state index contributed by atoms with van der Waals surface area (Å²) in [6, 6.07) is 4.84. The van der Waals surface area contributed by atoms with E-state index in [9.17, 15) is 9.50 Å². The number of hydrogen-bond donors (Lipinski definition) is 1. The summed E-state index contributed by atoms with van der Waals surface area (Å²) in [5, 5.41) is 18.3. The lowest BCUT2D eigenvalue weighted by atomic mass is 9.97. The Morgan fingerprint density at radius 1 is 1.35 bits per heavy atom. The summed E-state index contributed by atoms with van der Waals surface area (Å²) in [4.78, 5) is 3.95. The predicted molar refractivity (Wildman–Crippen MR) is 99.6 cm³/mol. The fraction of sp³-hybridized carbons (Fsp3) is 0.389. The Hall–Kier alpha value is -2.06. The van der Waals surface area contributed by atoms with Crippen molar-refractivity contribution in [1.29, 1.82) is 0 Å². The molecule has 2 heterocycles.